The minimum atomic E-state index is -0.0138. The molecule has 2 saturated heterocycles. The lowest BCUT2D eigenvalue weighted by molar-refractivity contribution is 0.107. The minimum Gasteiger partial charge on any atom is -0.390 e. The highest BCUT2D eigenvalue weighted by molar-refractivity contribution is 5.55. The van der Waals surface area contributed by atoms with E-state index in [4.69, 9.17) is 9.97 Å². The molecule has 33 heavy (non-hydrogen) atoms. The number of pyridine rings is 2. The summed E-state index contributed by atoms with van der Waals surface area (Å²) >= 11 is 0. The Morgan fingerprint density at radius 2 is 1.76 bits per heavy atom. The highest BCUT2D eigenvalue weighted by Crippen LogP contribution is 2.41. The molecule has 7 heteroatoms. The Balaban J connectivity index is 1.51. The Morgan fingerprint density at radius 1 is 1.00 bits per heavy atom. The SMILES string of the molecule is CCN1CCN(c2cccc3nc([C@H]4CCC[C@@H](c5ncccc5C)N4C)c(CO)n23)CC1. The lowest BCUT2D eigenvalue weighted by Gasteiger charge is -2.39. The van der Waals surface area contributed by atoms with Gasteiger partial charge in [-0.3, -0.25) is 14.3 Å². The van der Waals surface area contributed by atoms with E-state index < -0.39 is 0 Å². The Kier molecular flexibility index (Phi) is 6.36. The van der Waals surface area contributed by atoms with Crippen LogP contribution >= 0.6 is 0 Å². The first-order chi connectivity index (χ1) is 16.1. The van der Waals surface area contributed by atoms with Crippen molar-refractivity contribution in [2.45, 2.75) is 51.8 Å². The second-order valence-electron chi connectivity index (χ2n) is 9.43. The summed E-state index contributed by atoms with van der Waals surface area (Å²) < 4.78 is 2.19. The van der Waals surface area contributed by atoms with Crippen molar-refractivity contribution in [1.29, 1.82) is 0 Å². The lowest BCUT2D eigenvalue weighted by Crippen LogP contribution is -2.46. The van der Waals surface area contributed by atoms with Gasteiger partial charge in [0.05, 0.1) is 35.8 Å². The van der Waals surface area contributed by atoms with Gasteiger partial charge in [0.2, 0.25) is 0 Å². The van der Waals surface area contributed by atoms with E-state index in [2.05, 4.69) is 64.3 Å². The van der Waals surface area contributed by atoms with Crippen molar-refractivity contribution in [2.24, 2.45) is 0 Å². The topological polar surface area (TPSA) is 60.1 Å². The first-order valence-corrected chi connectivity index (χ1v) is 12.3. The zero-order valence-electron chi connectivity index (χ0n) is 20.1. The van der Waals surface area contributed by atoms with Gasteiger partial charge in [0.25, 0.3) is 0 Å². The van der Waals surface area contributed by atoms with Crippen LogP contribution in [0.3, 0.4) is 0 Å². The van der Waals surface area contributed by atoms with E-state index in [1.807, 2.05) is 12.3 Å². The van der Waals surface area contributed by atoms with Gasteiger partial charge in [-0.15, -0.1) is 0 Å². The van der Waals surface area contributed by atoms with Gasteiger partial charge in [0, 0.05) is 32.4 Å². The van der Waals surface area contributed by atoms with Gasteiger partial charge in [-0.05, 0) is 63.5 Å². The maximum absolute atomic E-state index is 10.5. The summed E-state index contributed by atoms with van der Waals surface area (Å²) in [6.45, 7) is 9.58. The first kappa shape index (κ1) is 22.3. The standard InChI is InChI=1S/C26H36N6O/c1-4-30-14-16-31(17-15-30)24-12-6-11-23-28-26(22(18-33)32(23)24)21-10-5-9-20(29(21)3)25-19(2)8-7-13-27-25/h6-8,11-13,20-21,33H,4-5,9-10,14-18H2,1-3H3/t20-,21+/m0/s1. The molecule has 0 bridgehead atoms. The molecule has 0 spiro atoms. The van der Waals surface area contributed by atoms with Crippen LogP contribution in [0.1, 0.15) is 60.9 Å². The van der Waals surface area contributed by atoms with Gasteiger partial charge in [0.15, 0.2) is 0 Å². The molecule has 5 rings (SSSR count). The predicted molar refractivity (Wildman–Crippen MR) is 132 cm³/mol. The minimum absolute atomic E-state index is 0.0138. The van der Waals surface area contributed by atoms with E-state index in [1.165, 1.54) is 5.56 Å². The Hall–Kier alpha value is -2.48. The number of rotatable bonds is 5. The van der Waals surface area contributed by atoms with Crippen molar-refractivity contribution in [1.82, 2.24) is 24.2 Å². The number of nitrogens with zero attached hydrogens (tertiary/aromatic N) is 6. The molecule has 0 aliphatic carbocycles. The molecule has 5 heterocycles. The number of likely N-dealkylation sites (N-methyl/N-ethyl adjacent to an activating group) is 1. The molecule has 7 nitrogen and oxygen atoms in total. The third kappa shape index (κ3) is 4.03. The molecule has 2 atom stereocenters. The van der Waals surface area contributed by atoms with Crippen molar-refractivity contribution in [2.75, 3.05) is 44.7 Å². The number of piperazine rings is 1. The van der Waals surface area contributed by atoms with Crippen LogP contribution in [0.15, 0.2) is 36.5 Å². The number of piperidine rings is 1. The number of likely N-dealkylation sites (tertiary alicyclic amines) is 1. The van der Waals surface area contributed by atoms with Crippen LogP contribution in [0, 0.1) is 6.92 Å². The number of hydrogen-bond donors (Lipinski definition) is 1. The summed E-state index contributed by atoms with van der Waals surface area (Å²) in [5.74, 6) is 1.14. The van der Waals surface area contributed by atoms with E-state index in [-0.39, 0.29) is 18.7 Å². The van der Waals surface area contributed by atoms with Crippen LogP contribution in [-0.4, -0.2) is 69.0 Å². The molecule has 0 aromatic carbocycles. The fourth-order valence-corrected chi connectivity index (χ4v) is 5.75. The van der Waals surface area contributed by atoms with Crippen LogP contribution in [0.25, 0.3) is 5.65 Å². The molecule has 0 radical (unpaired) electrons. The lowest BCUT2D eigenvalue weighted by atomic mass is 9.90. The summed E-state index contributed by atoms with van der Waals surface area (Å²) in [4.78, 5) is 17.2. The molecular formula is C26H36N6O. The Morgan fingerprint density at radius 3 is 2.45 bits per heavy atom. The number of hydrogen-bond acceptors (Lipinski definition) is 6. The zero-order chi connectivity index (χ0) is 22.9. The average Bonchev–Trinajstić information content (AvgIpc) is 3.23. The van der Waals surface area contributed by atoms with Crippen molar-refractivity contribution < 1.29 is 5.11 Å². The largest absolute Gasteiger partial charge is 0.390 e. The molecule has 2 fully saturated rings. The normalized spacial score (nSPS) is 22.8. The summed E-state index contributed by atoms with van der Waals surface area (Å²) in [5.41, 5.74) is 5.26. The number of anilines is 1. The number of fused-ring (bicyclic) bond motifs is 1. The molecular weight excluding hydrogens is 412 g/mol. The van der Waals surface area contributed by atoms with Crippen LogP contribution in [0.2, 0.25) is 0 Å². The number of aromatic nitrogens is 3. The van der Waals surface area contributed by atoms with Crippen molar-refractivity contribution in [3.05, 3.63) is 59.2 Å². The van der Waals surface area contributed by atoms with E-state index in [1.54, 1.807) is 0 Å². The second kappa shape index (κ2) is 9.41. The molecule has 0 saturated carbocycles. The fraction of sp³-hybridized carbons (Fsp3) is 0.538. The fourth-order valence-electron chi connectivity index (χ4n) is 5.75. The van der Waals surface area contributed by atoms with E-state index >= 15 is 0 Å². The van der Waals surface area contributed by atoms with Crippen LogP contribution < -0.4 is 4.90 Å². The maximum atomic E-state index is 10.5. The number of aliphatic hydroxyl groups excluding tert-OH is 1. The summed E-state index contributed by atoms with van der Waals surface area (Å²) in [7, 11) is 2.19. The van der Waals surface area contributed by atoms with E-state index in [0.29, 0.717) is 0 Å². The van der Waals surface area contributed by atoms with Crippen LogP contribution in [0.4, 0.5) is 5.82 Å². The number of aryl methyl sites for hydroxylation is 1. The molecule has 3 aromatic rings. The summed E-state index contributed by atoms with van der Waals surface area (Å²) in [6, 6.07) is 10.9. The van der Waals surface area contributed by atoms with E-state index in [0.717, 1.165) is 80.5 Å². The maximum Gasteiger partial charge on any atom is 0.138 e. The molecule has 0 unspecified atom stereocenters. The number of imidazole rings is 1. The molecule has 0 amide bonds. The van der Waals surface area contributed by atoms with Crippen molar-refractivity contribution in [3.8, 4) is 0 Å². The van der Waals surface area contributed by atoms with Gasteiger partial charge in [-0.25, -0.2) is 4.98 Å². The average molecular weight is 449 g/mol. The van der Waals surface area contributed by atoms with E-state index in [9.17, 15) is 5.11 Å². The smallest absolute Gasteiger partial charge is 0.138 e. The molecule has 176 valence electrons. The predicted octanol–water partition coefficient (Wildman–Crippen LogP) is 3.57. The zero-order valence-corrected chi connectivity index (χ0v) is 20.1. The summed E-state index contributed by atoms with van der Waals surface area (Å²) in [5, 5.41) is 10.5. The third-order valence-corrected chi connectivity index (χ3v) is 7.66. The highest BCUT2D eigenvalue weighted by Gasteiger charge is 2.34. The van der Waals surface area contributed by atoms with Crippen LogP contribution in [0.5, 0.6) is 0 Å². The quantitative estimate of drug-likeness (QED) is 0.644. The van der Waals surface area contributed by atoms with Gasteiger partial charge < -0.3 is 14.9 Å². The van der Waals surface area contributed by atoms with Gasteiger partial charge in [-0.1, -0.05) is 19.1 Å². The van der Waals surface area contributed by atoms with Gasteiger partial charge in [0.1, 0.15) is 11.5 Å². The van der Waals surface area contributed by atoms with Gasteiger partial charge in [-0.2, -0.15) is 0 Å². The second-order valence-corrected chi connectivity index (χ2v) is 9.43. The van der Waals surface area contributed by atoms with Crippen molar-refractivity contribution in [3.63, 3.8) is 0 Å². The molecule has 2 aliphatic rings. The highest BCUT2D eigenvalue weighted by atomic mass is 16.3. The monoisotopic (exact) mass is 448 g/mol. The third-order valence-electron chi connectivity index (χ3n) is 7.66. The Bertz CT molecular complexity index is 1100. The van der Waals surface area contributed by atoms with Crippen LogP contribution in [-0.2, 0) is 6.61 Å². The first-order valence-electron chi connectivity index (χ1n) is 12.3. The van der Waals surface area contributed by atoms with Gasteiger partial charge >= 0.3 is 0 Å². The molecule has 3 aromatic heterocycles. The summed E-state index contributed by atoms with van der Waals surface area (Å²) in [6.07, 6.45) is 5.16. The Labute approximate surface area is 196 Å². The molecule has 1 N–H and O–H groups in total. The number of aliphatic hydroxyl groups is 1. The van der Waals surface area contributed by atoms with Crippen molar-refractivity contribution >= 4 is 11.5 Å². The molecule has 2 aliphatic heterocycles.